The SMILES string of the molecule is COc1ccc(NC2CCOC(C)C2)cc1Br. The number of hydrogen-bond donors (Lipinski definition) is 1. The molecule has 1 heterocycles. The minimum atomic E-state index is 0.350. The van der Waals surface area contributed by atoms with Crippen molar-refractivity contribution in [1.29, 1.82) is 0 Å². The quantitative estimate of drug-likeness (QED) is 0.927. The Morgan fingerprint density at radius 2 is 2.29 bits per heavy atom. The van der Waals surface area contributed by atoms with Gasteiger partial charge in [-0.25, -0.2) is 0 Å². The second kappa shape index (κ2) is 5.74. The van der Waals surface area contributed by atoms with Gasteiger partial charge in [-0.15, -0.1) is 0 Å². The van der Waals surface area contributed by atoms with Crippen LogP contribution in [0.25, 0.3) is 0 Å². The highest BCUT2D eigenvalue weighted by Gasteiger charge is 2.19. The number of hydrogen-bond acceptors (Lipinski definition) is 3. The van der Waals surface area contributed by atoms with Crippen LogP contribution in [0.1, 0.15) is 19.8 Å². The van der Waals surface area contributed by atoms with Gasteiger partial charge in [-0.3, -0.25) is 0 Å². The molecular weight excluding hydrogens is 282 g/mol. The molecule has 1 aliphatic rings. The maximum absolute atomic E-state index is 5.54. The molecule has 3 nitrogen and oxygen atoms in total. The Bertz CT molecular complexity index is 384. The van der Waals surface area contributed by atoms with Gasteiger partial charge < -0.3 is 14.8 Å². The van der Waals surface area contributed by atoms with Gasteiger partial charge in [-0.1, -0.05) is 0 Å². The van der Waals surface area contributed by atoms with Crippen LogP contribution >= 0.6 is 15.9 Å². The van der Waals surface area contributed by atoms with Crippen LogP contribution in [0.2, 0.25) is 0 Å². The van der Waals surface area contributed by atoms with E-state index in [1.165, 1.54) is 0 Å². The number of ether oxygens (including phenoxy) is 2. The van der Waals surface area contributed by atoms with Crippen molar-refractivity contribution in [3.63, 3.8) is 0 Å². The Morgan fingerprint density at radius 3 is 2.94 bits per heavy atom. The molecular formula is C13H18BrNO2. The molecule has 1 saturated heterocycles. The maximum Gasteiger partial charge on any atom is 0.133 e. The van der Waals surface area contributed by atoms with Crippen molar-refractivity contribution in [2.45, 2.75) is 31.9 Å². The highest BCUT2D eigenvalue weighted by atomic mass is 79.9. The fourth-order valence-corrected chi connectivity index (χ4v) is 2.66. The van der Waals surface area contributed by atoms with Crippen LogP contribution in [0, 0.1) is 0 Å². The first-order valence-corrected chi connectivity index (χ1v) is 6.70. The molecule has 1 aromatic carbocycles. The molecule has 1 N–H and O–H groups in total. The Kier molecular flexibility index (Phi) is 4.29. The first-order valence-electron chi connectivity index (χ1n) is 5.90. The standard InChI is InChI=1S/C13H18BrNO2/c1-9-7-11(5-6-17-9)15-10-3-4-13(16-2)12(14)8-10/h3-4,8-9,11,15H,5-7H2,1-2H3. The lowest BCUT2D eigenvalue weighted by molar-refractivity contribution is 0.0232. The molecule has 4 heteroatoms. The third-order valence-corrected chi connectivity index (χ3v) is 3.63. The zero-order valence-electron chi connectivity index (χ0n) is 10.2. The van der Waals surface area contributed by atoms with Gasteiger partial charge in [0.1, 0.15) is 5.75 Å². The van der Waals surface area contributed by atoms with Gasteiger partial charge in [0.15, 0.2) is 0 Å². The molecule has 1 aliphatic heterocycles. The Morgan fingerprint density at radius 1 is 1.47 bits per heavy atom. The van der Waals surface area contributed by atoms with E-state index in [1.807, 2.05) is 12.1 Å². The maximum atomic E-state index is 5.54. The molecule has 0 amide bonds. The van der Waals surface area contributed by atoms with Crippen molar-refractivity contribution in [2.24, 2.45) is 0 Å². The van der Waals surface area contributed by atoms with Crippen molar-refractivity contribution < 1.29 is 9.47 Å². The predicted octanol–water partition coefficient (Wildman–Crippen LogP) is 3.44. The lowest BCUT2D eigenvalue weighted by atomic mass is 10.0. The zero-order chi connectivity index (χ0) is 12.3. The molecule has 94 valence electrons. The lowest BCUT2D eigenvalue weighted by Gasteiger charge is -2.28. The van der Waals surface area contributed by atoms with Crippen molar-refractivity contribution >= 4 is 21.6 Å². The largest absolute Gasteiger partial charge is 0.496 e. The van der Waals surface area contributed by atoms with E-state index in [0.717, 1.165) is 35.4 Å². The summed E-state index contributed by atoms with van der Waals surface area (Å²) in [4.78, 5) is 0. The number of anilines is 1. The van der Waals surface area contributed by atoms with Gasteiger partial charge in [0.05, 0.1) is 17.7 Å². The van der Waals surface area contributed by atoms with Gasteiger partial charge in [0.25, 0.3) is 0 Å². The third-order valence-electron chi connectivity index (χ3n) is 3.01. The third kappa shape index (κ3) is 3.36. The van der Waals surface area contributed by atoms with Gasteiger partial charge in [0.2, 0.25) is 0 Å². The molecule has 0 aromatic heterocycles. The highest BCUT2D eigenvalue weighted by Crippen LogP contribution is 2.29. The Balaban J connectivity index is 2.00. The van der Waals surface area contributed by atoms with Crippen molar-refractivity contribution in [2.75, 3.05) is 19.0 Å². The summed E-state index contributed by atoms with van der Waals surface area (Å²) in [5, 5.41) is 3.54. The number of nitrogens with one attached hydrogen (secondary N) is 1. The molecule has 17 heavy (non-hydrogen) atoms. The molecule has 0 bridgehead atoms. The molecule has 2 rings (SSSR count). The first kappa shape index (κ1) is 12.7. The molecule has 1 aromatic rings. The van der Waals surface area contributed by atoms with Crippen LogP contribution < -0.4 is 10.1 Å². The summed E-state index contributed by atoms with van der Waals surface area (Å²) >= 11 is 3.49. The summed E-state index contributed by atoms with van der Waals surface area (Å²) in [6, 6.07) is 6.57. The van der Waals surface area contributed by atoms with Crippen molar-refractivity contribution in [3.05, 3.63) is 22.7 Å². The molecule has 0 aliphatic carbocycles. The van der Waals surface area contributed by atoms with E-state index in [2.05, 4.69) is 34.2 Å². The number of methoxy groups -OCH3 is 1. The van der Waals surface area contributed by atoms with E-state index in [4.69, 9.17) is 9.47 Å². The fraction of sp³-hybridized carbons (Fsp3) is 0.538. The van der Waals surface area contributed by atoms with E-state index < -0.39 is 0 Å². The summed E-state index contributed by atoms with van der Waals surface area (Å²) in [6.07, 6.45) is 2.47. The van der Waals surface area contributed by atoms with E-state index >= 15 is 0 Å². The van der Waals surface area contributed by atoms with Crippen LogP contribution in [-0.4, -0.2) is 25.9 Å². The average Bonchev–Trinajstić information content (AvgIpc) is 2.29. The second-order valence-electron chi connectivity index (χ2n) is 4.40. The summed E-state index contributed by atoms with van der Waals surface area (Å²) in [7, 11) is 1.67. The molecule has 2 unspecified atom stereocenters. The van der Waals surface area contributed by atoms with E-state index in [-0.39, 0.29) is 0 Å². The molecule has 2 atom stereocenters. The minimum Gasteiger partial charge on any atom is -0.496 e. The lowest BCUT2D eigenvalue weighted by Crippen LogP contribution is -2.32. The molecule has 0 spiro atoms. The average molecular weight is 300 g/mol. The molecule has 0 radical (unpaired) electrons. The van der Waals surface area contributed by atoms with Crippen LogP contribution in [-0.2, 0) is 4.74 Å². The van der Waals surface area contributed by atoms with Crippen LogP contribution in [0.15, 0.2) is 22.7 Å². The van der Waals surface area contributed by atoms with E-state index in [0.29, 0.717) is 12.1 Å². The van der Waals surface area contributed by atoms with Crippen LogP contribution in [0.4, 0.5) is 5.69 Å². The zero-order valence-corrected chi connectivity index (χ0v) is 11.8. The van der Waals surface area contributed by atoms with Crippen LogP contribution in [0.3, 0.4) is 0 Å². The van der Waals surface area contributed by atoms with Crippen molar-refractivity contribution in [1.82, 2.24) is 0 Å². The monoisotopic (exact) mass is 299 g/mol. The smallest absolute Gasteiger partial charge is 0.133 e. The van der Waals surface area contributed by atoms with E-state index in [1.54, 1.807) is 7.11 Å². The van der Waals surface area contributed by atoms with Gasteiger partial charge in [0, 0.05) is 18.3 Å². The molecule has 1 fully saturated rings. The summed E-state index contributed by atoms with van der Waals surface area (Å²) < 4.78 is 11.7. The number of benzene rings is 1. The topological polar surface area (TPSA) is 30.5 Å². The Hall–Kier alpha value is -0.740. The van der Waals surface area contributed by atoms with Crippen molar-refractivity contribution in [3.8, 4) is 5.75 Å². The Labute approximate surface area is 111 Å². The number of rotatable bonds is 3. The second-order valence-corrected chi connectivity index (χ2v) is 5.25. The summed E-state index contributed by atoms with van der Waals surface area (Å²) in [6.45, 7) is 2.97. The van der Waals surface area contributed by atoms with Gasteiger partial charge in [-0.2, -0.15) is 0 Å². The summed E-state index contributed by atoms with van der Waals surface area (Å²) in [5.74, 6) is 0.857. The fourth-order valence-electron chi connectivity index (χ4n) is 2.12. The number of halogens is 1. The summed E-state index contributed by atoms with van der Waals surface area (Å²) in [5.41, 5.74) is 1.12. The van der Waals surface area contributed by atoms with E-state index in [9.17, 15) is 0 Å². The molecule has 0 saturated carbocycles. The van der Waals surface area contributed by atoms with Gasteiger partial charge in [-0.05, 0) is 53.9 Å². The van der Waals surface area contributed by atoms with Crippen LogP contribution in [0.5, 0.6) is 5.75 Å². The van der Waals surface area contributed by atoms with Gasteiger partial charge >= 0.3 is 0 Å². The minimum absolute atomic E-state index is 0.350. The predicted molar refractivity (Wildman–Crippen MR) is 72.8 cm³/mol. The highest BCUT2D eigenvalue weighted by molar-refractivity contribution is 9.10. The first-order chi connectivity index (χ1) is 8.19. The normalized spacial score (nSPS) is 24.4.